The molecule has 1 rings (SSSR count). The molecule has 0 fully saturated rings. The maximum absolute atomic E-state index is 10.7. The molecule has 0 bridgehead atoms. The van der Waals surface area contributed by atoms with E-state index < -0.39 is 5.97 Å². The average Bonchev–Trinajstić information content (AvgIpc) is 2.59. The van der Waals surface area contributed by atoms with Gasteiger partial charge in [0.1, 0.15) is 5.76 Å². The SMILES string of the molecule is Cc1oc(C(=O)O)cc1COCCOC(C)C. The van der Waals surface area contributed by atoms with Crippen molar-refractivity contribution in [3.63, 3.8) is 0 Å². The Labute approximate surface area is 100 Å². The maximum Gasteiger partial charge on any atom is 0.371 e. The van der Waals surface area contributed by atoms with Gasteiger partial charge in [0.05, 0.1) is 25.9 Å². The molecule has 0 aliphatic heterocycles. The van der Waals surface area contributed by atoms with Crippen LogP contribution in [-0.2, 0) is 16.1 Å². The summed E-state index contributed by atoms with van der Waals surface area (Å²) in [6.07, 6.45) is 0.188. The molecule has 0 aromatic carbocycles. The van der Waals surface area contributed by atoms with Crippen LogP contribution in [-0.4, -0.2) is 30.4 Å². The van der Waals surface area contributed by atoms with E-state index in [4.69, 9.17) is 19.0 Å². The van der Waals surface area contributed by atoms with Gasteiger partial charge in [0.2, 0.25) is 5.76 Å². The Bertz CT molecular complexity index is 367. The van der Waals surface area contributed by atoms with E-state index in [9.17, 15) is 4.79 Å². The summed E-state index contributed by atoms with van der Waals surface area (Å²) in [5.74, 6) is -0.547. The van der Waals surface area contributed by atoms with Crippen LogP contribution in [0.25, 0.3) is 0 Å². The zero-order chi connectivity index (χ0) is 12.8. The minimum absolute atomic E-state index is 0.0560. The summed E-state index contributed by atoms with van der Waals surface area (Å²) >= 11 is 0. The molecule has 1 heterocycles. The largest absolute Gasteiger partial charge is 0.475 e. The van der Waals surface area contributed by atoms with Crippen molar-refractivity contribution in [1.82, 2.24) is 0 Å². The van der Waals surface area contributed by atoms with Crippen molar-refractivity contribution in [2.24, 2.45) is 0 Å². The molecule has 5 nitrogen and oxygen atoms in total. The van der Waals surface area contributed by atoms with Crippen LogP contribution < -0.4 is 0 Å². The molecule has 0 unspecified atom stereocenters. The first-order chi connectivity index (χ1) is 8.00. The van der Waals surface area contributed by atoms with E-state index in [-0.39, 0.29) is 11.9 Å². The summed E-state index contributed by atoms with van der Waals surface area (Å²) in [7, 11) is 0. The van der Waals surface area contributed by atoms with Crippen LogP contribution in [0.3, 0.4) is 0 Å². The van der Waals surface area contributed by atoms with Gasteiger partial charge < -0.3 is 19.0 Å². The second-order valence-corrected chi connectivity index (χ2v) is 3.97. The lowest BCUT2D eigenvalue weighted by atomic mass is 10.2. The Hall–Kier alpha value is -1.33. The first kappa shape index (κ1) is 13.7. The quantitative estimate of drug-likeness (QED) is 0.742. The Morgan fingerprint density at radius 1 is 1.47 bits per heavy atom. The number of furan rings is 1. The van der Waals surface area contributed by atoms with E-state index in [0.29, 0.717) is 25.6 Å². The highest BCUT2D eigenvalue weighted by Gasteiger charge is 2.12. The molecule has 5 heteroatoms. The van der Waals surface area contributed by atoms with E-state index in [2.05, 4.69) is 0 Å². The molecule has 1 aromatic heterocycles. The van der Waals surface area contributed by atoms with Gasteiger partial charge in [0.15, 0.2) is 0 Å². The lowest BCUT2D eigenvalue weighted by Crippen LogP contribution is -2.09. The molecule has 96 valence electrons. The van der Waals surface area contributed by atoms with Crippen molar-refractivity contribution in [3.05, 3.63) is 23.2 Å². The molecule has 0 saturated carbocycles. The van der Waals surface area contributed by atoms with Gasteiger partial charge in [0.25, 0.3) is 0 Å². The summed E-state index contributed by atoms with van der Waals surface area (Å²) in [4.78, 5) is 10.7. The molecule has 0 amide bonds. The molecule has 1 N–H and O–H groups in total. The molecular formula is C12H18O5. The lowest BCUT2D eigenvalue weighted by Gasteiger charge is -2.07. The van der Waals surface area contributed by atoms with Crippen LogP contribution in [0.4, 0.5) is 0 Å². The molecular weight excluding hydrogens is 224 g/mol. The van der Waals surface area contributed by atoms with Gasteiger partial charge >= 0.3 is 5.97 Å². The Kier molecular flexibility index (Phi) is 5.18. The fourth-order valence-electron chi connectivity index (χ4n) is 1.29. The number of aromatic carboxylic acids is 1. The topological polar surface area (TPSA) is 68.9 Å². The van der Waals surface area contributed by atoms with Crippen molar-refractivity contribution in [1.29, 1.82) is 0 Å². The Balaban J connectivity index is 2.34. The Morgan fingerprint density at radius 2 is 2.18 bits per heavy atom. The van der Waals surface area contributed by atoms with Gasteiger partial charge in [-0.1, -0.05) is 0 Å². The minimum atomic E-state index is -1.07. The number of rotatable bonds is 7. The zero-order valence-electron chi connectivity index (χ0n) is 10.4. The van der Waals surface area contributed by atoms with Crippen LogP contribution in [0.1, 0.15) is 35.7 Å². The van der Waals surface area contributed by atoms with E-state index in [1.165, 1.54) is 6.07 Å². The predicted octanol–water partition coefficient (Wildman–Crippen LogP) is 2.23. The van der Waals surface area contributed by atoms with Gasteiger partial charge in [-0.05, 0) is 26.8 Å². The monoisotopic (exact) mass is 242 g/mol. The first-order valence-corrected chi connectivity index (χ1v) is 5.52. The number of carbonyl (C=O) groups is 1. The number of carboxylic acid groups (broad SMARTS) is 1. The summed E-state index contributed by atoms with van der Waals surface area (Å²) in [5, 5.41) is 8.74. The molecule has 0 aliphatic rings. The third-order valence-corrected chi connectivity index (χ3v) is 2.17. The third kappa shape index (κ3) is 4.58. The first-order valence-electron chi connectivity index (χ1n) is 5.52. The zero-order valence-corrected chi connectivity index (χ0v) is 10.4. The van der Waals surface area contributed by atoms with Gasteiger partial charge in [-0.15, -0.1) is 0 Å². The second kappa shape index (κ2) is 6.42. The van der Waals surface area contributed by atoms with E-state index >= 15 is 0 Å². The molecule has 0 spiro atoms. The average molecular weight is 242 g/mol. The third-order valence-electron chi connectivity index (χ3n) is 2.17. The summed E-state index contributed by atoms with van der Waals surface area (Å²) in [6.45, 7) is 6.98. The van der Waals surface area contributed by atoms with Gasteiger partial charge in [-0.25, -0.2) is 4.79 Å². The fourth-order valence-corrected chi connectivity index (χ4v) is 1.29. The molecule has 17 heavy (non-hydrogen) atoms. The highest BCUT2D eigenvalue weighted by Crippen LogP contribution is 2.15. The van der Waals surface area contributed by atoms with Crippen LogP contribution in [0, 0.1) is 6.92 Å². The Morgan fingerprint density at radius 3 is 2.71 bits per heavy atom. The normalized spacial score (nSPS) is 11.1. The van der Waals surface area contributed by atoms with Gasteiger partial charge in [-0.2, -0.15) is 0 Å². The number of aryl methyl sites for hydroxylation is 1. The minimum Gasteiger partial charge on any atom is -0.475 e. The summed E-state index contributed by atoms with van der Waals surface area (Å²) < 4.78 is 15.7. The fraction of sp³-hybridized carbons (Fsp3) is 0.583. The number of hydrogen-bond donors (Lipinski definition) is 1. The smallest absolute Gasteiger partial charge is 0.371 e. The van der Waals surface area contributed by atoms with Gasteiger partial charge in [0, 0.05) is 5.56 Å². The molecule has 0 saturated heterocycles. The number of carboxylic acids is 1. The lowest BCUT2D eigenvalue weighted by molar-refractivity contribution is 0.0140. The molecule has 1 aromatic rings. The standard InChI is InChI=1S/C12H18O5/c1-8(2)16-5-4-15-7-10-6-11(12(13)14)17-9(10)3/h6,8H,4-5,7H2,1-3H3,(H,13,14). The maximum atomic E-state index is 10.7. The summed E-state index contributed by atoms with van der Waals surface area (Å²) in [5.41, 5.74) is 0.756. The van der Waals surface area contributed by atoms with Crippen molar-refractivity contribution < 1.29 is 23.8 Å². The molecule has 0 atom stereocenters. The highest BCUT2D eigenvalue weighted by molar-refractivity contribution is 5.84. The van der Waals surface area contributed by atoms with E-state index in [1.54, 1.807) is 6.92 Å². The number of hydrogen-bond acceptors (Lipinski definition) is 4. The second-order valence-electron chi connectivity index (χ2n) is 3.97. The van der Waals surface area contributed by atoms with E-state index in [1.807, 2.05) is 13.8 Å². The van der Waals surface area contributed by atoms with Crippen LogP contribution >= 0.6 is 0 Å². The molecule has 0 aliphatic carbocycles. The summed E-state index contributed by atoms with van der Waals surface area (Å²) in [6, 6.07) is 1.49. The predicted molar refractivity (Wildman–Crippen MR) is 61.1 cm³/mol. The van der Waals surface area contributed by atoms with Crippen LogP contribution in [0.2, 0.25) is 0 Å². The number of ether oxygens (including phenoxy) is 2. The van der Waals surface area contributed by atoms with Crippen molar-refractivity contribution in [2.45, 2.75) is 33.5 Å². The van der Waals surface area contributed by atoms with Crippen LogP contribution in [0.15, 0.2) is 10.5 Å². The van der Waals surface area contributed by atoms with Crippen LogP contribution in [0.5, 0.6) is 0 Å². The highest BCUT2D eigenvalue weighted by atomic mass is 16.5. The van der Waals surface area contributed by atoms with Crippen molar-refractivity contribution >= 4 is 5.97 Å². The van der Waals surface area contributed by atoms with Gasteiger partial charge in [-0.3, -0.25) is 0 Å². The molecule has 0 radical (unpaired) electrons. The van der Waals surface area contributed by atoms with Crippen molar-refractivity contribution in [3.8, 4) is 0 Å². The van der Waals surface area contributed by atoms with E-state index in [0.717, 1.165) is 5.56 Å². The van der Waals surface area contributed by atoms with Crippen molar-refractivity contribution in [2.75, 3.05) is 13.2 Å².